The maximum Gasteiger partial charge on any atom is 0.268 e. The van der Waals surface area contributed by atoms with Crippen molar-refractivity contribution in [1.82, 2.24) is 24.4 Å². The zero-order chi connectivity index (χ0) is 28.6. The van der Waals surface area contributed by atoms with E-state index in [2.05, 4.69) is 10.0 Å². The average molecular weight is 586 g/mol. The van der Waals surface area contributed by atoms with Crippen molar-refractivity contribution >= 4 is 50.1 Å². The third-order valence-electron chi connectivity index (χ3n) is 7.69. The second kappa shape index (κ2) is 11.2. The Labute approximate surface area is 238 Å². The van der Waals surface area contributed by atoms with Crippen molar-refractivity contribution in [2.45, 2.75) is 49.2 Å². The normalized spacial score (nSPS) is 20.6. The van der Waals surface area contributed by atoms with Crippen molar-refractivity contribution in [3.63, 3.8) is 0 Å². The molecule has 212 valence electrons. The topological polar surface area (TPSA) is 121 Å². The first kappa shape index (κ1) is 28.1. The molecule has 10 nitrogen and oxygen atoms in total. The van der Waals surface area contributed by atoms with Gasteiger partial charge in [-0.25, -0.2) is 8.42 Å². The van der Waals surface area contributed by atoms with Crippen LogP contribution in [0.25, 0.3) is 10.8 Å². The summed E-state index contributed by atoms with van der Waals surface area (Å²) >= 11 is 6.02. The average Bonchev–Trinajstić information content (AvgIpc) is 3.52. The Kier molecular flexibility index (Phi) is 7.89. The van der Waals surface area contributed by atoms with E-state index in [1.54, 1.807) is 72.1 Å². The van der Waals surface area contributed by atoms with Crippen LogP contribution in [0.3, 0.4) is 0 Å². The number of amides is 3. The van der Waals surface area contributed by atoms with Gasteiger partial charge in [-0.2, -0.15) is 4.72 Å². The number of rotatable bonds is 7. The third kappa shape index (κ3) is 5.72. The molecular weight excluding hydrogens is 554 g/mol. The molecule has 0 radical (unpaired) electrons. The van der Waals surface area contributed by atoms with E-state index in [4.69, 9.17) is 11.6 Å². The Hall–Kier alpha value is -3.41. The summed E-state index contributed by atoms with van der Waals surface area (Å²) in [4.78, 5) is 42.4. The number of halogens is 1. The summed E-state index contributed by atoms with van der Waals surface area (Å²) in [5, 5.41) is 5.08. The third-order valence-corrected chi connectivity index (χ3v) is 9.40. The van der Waals surface area contributed by atoms with Gasteiger partial charge in [-0.3, -0.25) is 14.4 Å². The molecule has 40 heavy (non-hydrogen) atoms. The highest BCUT2D eigenvalue weighted by atomic mass is 35.5. The molecule has 3 atom stereocenters. The lowest BCUT2D eigenvalue weighted by Crippen LogP contribution is -2.55. The minimum absolute atomic E-state index is 0.0504. The number of aryl methyl sites for hydroxylation is 1. The lowest BCUT2D eigenvalue weighted by atomic mass is 10.0. The van der Waals surface area contributed by atoms with Gasteiger partial charge in [-0.05, 0) is 73.4 Å². The highest BCUT2D eigenvalue weighted by Gasteiger charge is 2.40. The van der Waals surface area contributed by atoms with Gasteiger partial charge in [0.2, 0.25) is 21.8 Å². The van der Waals surface area contributed by atoms with Gasteiger partial charge in [0.25, 0.3) is 5.91 Å². The van der Waals surface area contributed by atoms with Gasteiger partial charge in [0.15, 0.2) is 0 Å². The number of carbonyl (C=O) groups excluding carboxylic acids is 3. The number of nitrogens with one attached hydrogen (secondary N) is 2. The Morgan fingerprint density at radius 1 is 1.05 bits per heavy atom. The molecule has 12 heteroatoms. The summed E-state index contributed by atoms with van der Waals surface area (Å²) in [5.74, 6) is -0.842. The Bertz CT molecular complexity index is 1570. The molecule has 0 spiro atoms. The molecule has 0 bridgehead atoms. The van der Waals surface area contributed by atoms with Crippen molar-refractivity contribution in [3.05, 3.63) is 65.4 Å². The van der Waals surface area contributed by atoms with Crippen LogP contribution in [0.15, 0.2) is 59.6 Å². The van der Waals surface area contributed by atoms with Crippen LogP contribution >= 0.6 is 11.6 Å². The van der Waals surface area contributed by atoms with Crippen LogP contribution in [-0.4, -0.2) is 78.3 Å². The van der Waals surface area contributed by atoms with Crippen molar-refractivity contribution in [1.29, 1.82) is 0 Å². The van der Waals surface area contributed by atoms with Gasteiger partial charge in [0.05, 0.1) is 4.90 Å². The van der Waals surface area contributed by atoms with Gasteiger partial charge < -0.3 is 19.7 Å². The number of nitrogens with zero attached hydrogens (tertiary/aromatic N) is 3. The SMILES string of the molecule is C[C@@H](C(=O)N1CCCC(NC(=O)c2cccn2C)C1)N1CC[C@H](NS(=O)(=O)c2ccc3cc(Cl)ccc3c2)C1=O. The number of fused-ring (bicyclic) bond motifs is 1. The minimum atomic E-state index is -3.98. The van der Waals surface area contributed by atoms with Crippen LogP contribution < -0.4 is 10.0 Å². The smallest absolute Gasteiger partial charge is 0.268 e. The number of hydrogen-bond acceptors (Lipinski definition) is 5. The summed E-state index contributed by atoms with van der Waals surface area (Å²) in [6.45, 7) is 2.81. The van der Waals surface area contributed by atoms with Gasteiger partial charge >= 0.3 is 0 Å². The molecule has 1 unspecified atom stereocenters. The van der Waals surface area contributed by atoms with Crippen LogP contribution in [0.4, 0.5) is 0 Å². The van der Waals surface area contributed by atoms with E-state index in [1.807, 2.05) is 0 Å². The van der Waals surface area contributed by atoms with Crippen LogP contribution in [0.1, 0.15) is 36.7 Å². The van der Waals surface area contributed by atoms with E-state index in [0.29, 0.717) is 29.2 Å². The van der Waals surface area contributed by atoms with Crippen molar-refractivity contribution in [2.24, 2.45) is 7.05 Å². The van der Waals surface area contributed by atoms with Crippen LogP contribution in [0, 0.1) is 0 Å². The lowest BCUT2D eigenvalue weighted by Gasteiger charge is -2.36. The molecule has 2 aromatic carbocycles. The van der Waals surface area contributed by atoms with Gasteiger partial charge in [0, 0.05) is 43.9 Å². The zero-order valence-electron chi connectivity index (χ0n) is 22.3. The summed E-state index contributed by atoms with van der Waals surface area (Å²) in [6, 6.07) is 11.5. The molecule has 3 heterocycles. The van der Waals surface area contributed by atoms with E-state index >= 15 is 0 Å². The molecule has 5 rings (SSSR count). The standard InChI is InChI=1S/C28H32ClN5O5S/c1-18(27(36)33-13-3-5-22(17-33)30-26(35)25-6-4-12-32(25)2)34-14-11-24(28(34)37)31-40(38,39)23-10-8-19-15-21(29)9-7-20(19)16-23/h4,6-10,12,15-16,18,22,24,31H,3,5,11,13-14,17H2,1-2H3,(H,30,35)/t18-,22?,24-/m0/s1. The Balaban J connectivity index is 1.20. The Morgan fingerprint density at radius 2 is 1.80 bits per heavy atom. The largest absolute Gasteiger partial charge is 0.347 e. The van der Waals surface area contributed by atoms with E-state index in [-0.39, 0.29) is 35.7 Å². The molecule has 2 fully saturated rings. The van der Waals surface area contributed by atoms with Gasteiger partial charge in [-0.1, -0.05) is 23.7 Å². The van der Waals surface area contributed by atoms with Crippen LogP contribution in [0.2, 0.25) is 5.02 Å². The second-order valence-corrected chi connectivity index (χ2v) is 12.6. The molecule has 2 N–H and O–H groups in total. The van der Waals surface area contributed by atoms with E-state index in [1.165, 1.54) is 11.0 Å². The van der Waals surface area contributed by atoms with Gasteiger partial charge in [0.1, 0.15) is 17.8 Å². The van der Waals surface area contributed by atoms with E-state index < -0.39 is 28.0 Å². The molecule has 2 saturated heterocycles. The minimum Gasteiger partial charge on any atom is -0.347 e. The number of likely N-dealkylation sites (tertiary alicyclic amines) is 2. The molecular formula is C28H32ClN5O5S. The van der Waals surface area contributed by atoms with Gasteiger partial charge in [-0.15, -0.1) is 0 Å². The number of benzene rings is 2. The number of hydrogen-bond donors (Lipinski definition) is 2. The first-order valence-electron chi connectivity index (χ1n) is 13.3. The maximum atomic E-state index is 13.4. The van der Waals surface area contributed by atoms with E-state index in [9.17, 15) is 22.8 Å². The van der Waals surface area contributed by atoms with Crippen LogP contribution in [-0.2, 0) is 26.7 Å². The number of carbonyl (C=O) groups is 3. The number of sulfonamides is 1. The Morgan fingerprint density at radius 3 is 2.55 bits per heavy atom. The van der Waals surface area contributed by atoms with Crippen LogP contribution in [0.5, 0.6) is 0 Å². The summed E-state index contributed by atoms with van der Waals surface area (Å²) in [7, 11) is -2.18. The molecule has 2 aliphatic rings. The quantitative estimate of drug-likeness (QED) is 0.441. The number of aromatic nitrogens is 1. The predicted molar refractivity (Wildman–Crippen MR) is 151 cm³/mol. The first-order chi connectivity index (χ1) is 19.0. The predicted octanol–water partition coefficient (Wildman–Crippen LogP) is 2.52. The monoisotopic (exact) mass is 585 g/mol. The molecule has 0 saturated carbocycles. The lowest BCUT2D eigenvalue weighted by molar-refractivity contribution is -0.144. The van der Waals surface area contributed by atoms with E-state index in [0.717, 1.165) is 18.2 Å². The van der Waals surface area contributed by atoms with Crippen molar-refractivity contribution in [2.75, 3.05) is 19.6 Å². The highest BCUT2D eigenvalue weighted by Crippen LogP contribution is 2.24. The fraction of sp³-hybridized carbons (Fsp3) is 0.393. The summed E-state index contributed by atoms with van der Waals surface area (Å²) < 4.78 is 30.5. The second-order valence-electron chi connectivity index (χ2n) is 10.4. The number of piperidine rings is 1. The van der Waals surface area contributed by atoms with Crippen molar-refractivity contribution in [3.8, 4) is 0 Å². The van der Waals surface area contributed by atoms with Crippen molar-refractivity contribution < 1.29 is 22.8 Å². The zero-order valence-corrected chi connectivity index (χ0v) is 23.9. The molecule has 0 aliphatic carbocycles. The molecule has 3 aromatic rings. The maximum absolute atomic E-state index is 13.4. The molecule has 3 amide bonds. The molecule has 1 aromatic heterocycles. The fourth-order valence-electron chi connectivity index (χ4n) is 5.46. The highest BCUT2D eigenvalue weighted by molar-refractivity contribution is 7.89. The summed E-state index contributed by atoms with van der Waals surface area (Å²) in [6.07, 6.45) is 3.54. The summed E-state index contributed by atoms with van der Waals surface area (Å²) in [5.41, 5.74) is 0.543. The fourth-order valence-corrected chi connectivity index (χ4v) is 6.90. The first-order valence-corrected chi connectivity index (χ1v) is 15.1. The molecule has 2 aliphatic heterocycles.